The van der Waals surface area contributed by atoms with Gasteiger partial charge in [0, 0.05) is 19.0 Å². The number of carboxylic acid groups (broad SMARTS) is 1. The number of hydrogen-bond acceptors (Lipinski definition) is 2. The fourth-order valence-corrected chi connectivity index (χ4v) is 2.60. The summed E-state index contributed by atoms with van der Waals surface area (Å²) in [5.74, 6) is -0.722. The van der Waals surface area contributed by atoms with Gasteiger partial charge in [0.2, 0.25) is 0 Å². The average Bonchev–Trinajstić information content (AvgIpc) is 2.41. The summed E-state index contributed by atoms with van der Waals surface area (Å²) < 4.78 is 13.1. The SMILES string of the molecule is O=C(O)N1CCCC(C(O)c2ccc(F)c(Cl)c2)C1. The van der Waals surface area contributed by atoms with Crippen LogP contribution in [0.25, 0.3) is 0 Å². The Kier molecular flexibility index (Phi) is 4.27. The molecule has 0 saturated carbocycles. The van der Waals surface area contributed by atoms with Crippen LogP contribution in [0.2, 0.25) is 5.02 Å². The Morgan fingerprint density at radius 3 is 2.89 bits per heavy atom. The fraction of sp³-hybridized carbons (Fsp3) is 0.462. The standard InChI is InChI=1S/C13H15ClFNO3/c14-10-6-8(3-4-11(10)15)12(17)9-2-1-5-16(7-9)13(18)19/h3-4,6,9,12,17H,1-2,5,7H2,(H,18,19). The van der Waals surface area contributed by atoms with Gasteiger partial charge in [-0.25, -0.2) is 9.18 Å². The number of benzene rings is 1. The molecule has 1 aliphatic heterocycles. The third-order valence-corrected chi connectivity index (χ3v) is 3.75. The van der Waals surface area contributed by atoms with E-state index in [1.165, 1.54) is 23.1 Å². The van der Waals surface area contributed by atoms with Gasteiger partial charge < -0.3 is 15.1 Å². The predicted octanol–water partition coefficient (Wildman–Crippen LogP) is 2.90. The molecular formula is C13H15ClFNO3. The lowest BCUT2D eigenvalue weighted by atomic mass is 9.89. The Hall–Kier alpha value is -1.33. The molecule has 0 bridgehead atoms. The molecule has 4 nitrogen and oxygen atoms in total. The van der Waals surface area contributed by atoms with Crippen molar-refractivity contribution in [2.24, 2.45) is 5.92 Å². The molecule has 0 aromatic heterocycles. The molecule has 1 aliphatic rings. The van der Waals surface area contributed by atoms with Gasteiger partial charge in [0.25, 0.3) is 0 Å². The van der Waals surface area contributed by atoms with Crippen LogP contribution in [0.3, 0.4) is 0 Å². The number of amides is 1. The van der Waals surface area contributed by atoms with Crippen molar-refractivity contribution in [2.75, 3.05) is 13.1 Å². The maximum Gasteiger partial charge on any atom is 0.407 e. The maximum absolute atomic E-state index is 13.1. The van der Waals surface area contributed by atoms with Gasteiger partial charge >= 0.3 is 6.09 Å². The van der Waals surface area contributed by atoms with Crippen LogP contribution >= 0.6 is 11.6 Å². The molecule has 2 N–H and O–H groups in total. The van der Waals surface area contributed by atoms with E-state index in [0.29, 0.717) is 18.5 Å². The van der Waals surface area contributed by atoms with Gasteiger partial charge in [0.1, 0.15) is 5.82 Å². The molecule has 0 spiro atoms. The molecule has 1 amide bonds. The molecule has 1 aromatic carbocycles. The van der Waals surface area contributed by atoms with Crippen LogP contribution < -0.4 is 0 Å². The second-order valence-electron chi connectivity index (χ2n) is 4.75. The Bertz CT molecular complexity index is 483. The third-order valence-electron chi connectivity index (χ3n) is 3.46. The van der Waals surface area contributed by atoms with Crippen LogP contribution in [0, 0.1) is 11.7 Å². The summed E-state index contributed by atoms with van der Waals surface area (Å²) in [4.78, 5) is 12.2. The summed E-state index contributed by atoms with van der Waals surface area (Å²) in [6.45, 7) is 0.772. The summed E-state index contributed by atoms with van der Waals surface area (Å²) in [5, 5.41) is 19.2. The quantitative estimate of drug-likeness (QED) is 0.879. The molecule has 104 valence electrons. The summed E-state index contributed by atoms with van der Waals surface area (Å²) in [6, 6.07) is 4.07. The molecule has 2 unspecified atom stereocenters. The molecule has 1 aromatic rings. The van der Waals surface area contributed by atoms with Gasteiger partial charge in [-0.3, -0.25) is 0 Å². The number of carbonyl (C=O) groups is 1. The molecule has 2 atom stereocenters. The zero-order valence-corrected chi connectivity index (χ0v) is 11.0. The van der Waals surface area contributed by atoms with E-state index in [4.69, 9.17) is 16.7 Å². The fourth-order valence-electron chi connectivity index (χ4n) is 2.41. The van der Waals surface area contributed by atoms with Crippen molar-refractivity contribution in [3.63, 3.8) is 0 Å². The maximum atomic E-state index is 13.1. The lowest BCUT2D eigenvalue weighted by Crippen LogP contribution is -2.40. The first-order chi connectivity index (χ1) is 8.99. The second-order valence-corrected chi connectivity index (χ2v) is 5.16. The highest BCUT2D eigenvalue weighted by Crippen LogP contribution is 2.31. The van der Waals surface area contributed by atoms with E-state index in [2.05, 4.69) is 0 Å². The molecule has 19 heavy (non-hydrogen) atoms. The minimum atomic E-state index is -0.978. The number of rotatable bonds is 2. The lowest BCUT2D eigenvalue weighted by molar-refractivity contribution is 0.0503. The largest absolute Gasteiger partial charge is 0.465 e. The zero-order valence-electron chi connectivity index (χ0n) is 10.2. The molecule has 1 saturated heterocycles. The molecule has 0 radical (unpaired) electrons. The number of halogens is 2. The van der Waals surface area contributed by atoms with Crippen LogP contribution in [0.5, 0.6) is 0 Å². The van der Waals surface area contributed by atoms with E-state index < -0.39 is 18.0 Å². The lowest BCUT2D eigenvalue weighted by Gasteiger charge is -2.33. The van der Waals surface area contributed by atoms with Crippen molar-refractivity contribution in [1.82, 2.24) is 4.90 Å². The monoisotopic (exact) mass is 287 g/mol. The van der Waals surface area contributed by atoms with Crippen molar-refractivity contribution < 1.29 is 19.4 Å². The number of likely N-dealkylation sites (tertiary alicyclic amines) is 1. The minimum Gasteiger partial charge on any atom is -0.465 e. The van der Waals surface area contributed by atoms with Gasteiger partial charge in [-0.15, -0.1) is 0 Å². The number of piperidine rings is 1. The first-order valence-corrected chi connectivity index (χ1v) is 6.47. The topological polar surface area (TPSA) is 60.8 Å². The Morgan fingerprint density at radius 1 is 1.53 bits per heavy atom. The van der Waals surface area contributed by atoms with E-state index in [1.807, 2.05) is 0 Å². The first kappa shape index (κ1) is 14.1. The summed E-state index contributed by atoms with van der Waals surface area (Å²) in [7, 11) is 0. The van der Waals surface area contributed by atoms with Gasteiger partial charge in [-0.05, 0) is 30.5 Å². The van der Waals surface area contributed by atoms with Crippen LogP contribution in [-0.4, -0.2) is 34.3 Å². The van der Waals surface area contributed by atoms with E-state index in [9.17, 15) is 14.3 Å². The van der Waals surface area contributed by atoms with Crippen LogP contribution in [0.15, 0.2) is 18.2 Å². The van der Waals surface area contributed by atoms with E-state index in [1.54, 1.807) is 0 Å². The molecular weight excluding hydrogens is 273 g/mol. The van der Waals surface area contributed by atoms with Gasteiger partial charge in [-0.1, -0.05) is 17.7 Å². The highest BCUT2D eigenvalue weighted by molar-refractivity contribution is 6.30. The van der Waals surface area contributed by atoms with Crippen LogP contribution in [0.4, 0.5) is 9.18 Å². The summed E-state index contributed by atoms with van der Waals surface area (Å²) in [6.07, 6.45) is -0.364. The molecule has 6 heteroatoms. The smallest absolute Gasteiger partial charge is 0.407 e. The minimum absolute atomic E-state index is 0.0394. The molecule has 2 rings (SSSR count). The van der Waals surface area contributed by atoms with Crippen molar-refractivity contribution in [2.45, 2.75) is 18.9 Å². The number of nitrogens with zero attached hydrogens (tertiary/aromatic N) is 1. The first-order valence-electron chi connectivity index (χ1n) is 6.10. The normalized spacial score (nSPS) is 21.2. The number of aliphatic hydroxyl groups excluding tert-OH is 1. The van der Waals surface area contributed by atoms with Gasteiger partial charge in [0.15, 0.2) is 0 Å². The van der Waals surface area contributed by atoms with Crippen molar-refractivity contribution >= 4 is 17.7 Å². The predicted molar refractivity (Wildman–Crippen MR) is 68.7 cm³/mol. The highest BCUT2D eigenvalue weighted by atomic mass is 35.5. The van der Waals surface area contributed by atoms with Crippen molar-refractivity contribution in [3.8, 4) is 0 Å². The van der Waals surface area contributed by atoms with Gasteiger partial charge in [-0.2, -0.15) is 0 Å². The average molecular weight is 288 g/mol. The number of aliphatic hydroxyl groups is 1. The van der Waals surface area contributed by atoms with Crippen LogP contribution in [0.1, 0.15) is 24.5 Å². The van der Waals surface area contributed by atoms with E-state index in [0.717, 1.165) is 6.42 Å². The second kappa shape index (κ2) is 5.75. The molecule has 0 aliphatic carbocycles. The number of hydrogen-bond donors (Lipinski definition) is 2. The summed E-state index contributed by atoms with van der Waals surface area (Å²) >= 11 is 5.69. The zero-order chi connectivity index (χ0) is 14.0. The molecule has 1 fully saturated rings. The van der Waals surface area contributed by atoms with Gasteiger partial charge in [0.05, 0.1) is 11.1 Å². The van der Waals surface area contributed by atoms with Crippen LogP contribution in [-0.2, 0) is 0 Å². The Balaban J connectivity index is 2.12. The van der Waals surface area contributed by atoms with Crippen molar-refractivity contribution in [1.29, 1.82) is 0 Å². The third kappa shape index (κ3) is 3.16. The van der Waals surface area contributed by atoms with E-state index >= 15 is 0 Å². The Morgan fingerprint density at radius 2 is 2.26 bits per heavy atom. The summed E-state index contributed by atoms with van der Waals surface area (Å²) in [5.41, 5.74) is 0.517. The van der Waals surface area contributed by atoms with E-state index in [-0.39, 0.29) is 17.5 Å². The highest BCUT2D eigenvalue weighted by Gasteiger charge is 2.29. The van der Waals surface area contributed by atoms with Crippen molar-refractivity contribution in [3.05, 3.63) is 34.6 Å². The molecule has 1 heterocycles. The Labute approximate surface area is 115 Å².